The molecule has 1 atom stereocenters. The van der Waals surface area contributed by atoms with Gasteiger partial charge in [0.05, 0.1) is 0 Å². The summed E-state index contributed by atoms with van der Waals surface area (Å²) < 4.78 is 0. The molecule has 1 aromatic rings. The van der Waals surface area contributed by atoms with Gasteiger partial charge in [-0.15, -0.1) is 23.1 Å². The number of thiophene rings is 1. The summed E-state index contributed by atoms with van der Waals surface area (Å²) in [6.07, 6.45) is 0. The Kier molecular flexibility index (Phi) is 4.06. The van der Waals surface area contributed by atoms with E-state index in [0.29, 0.717) is 0 Å². The van der Waals surface area contributed by atoms with Gasteiger partial charge in [0.1, 0.15) is 5.37 Å². The monoisotopic (exact) mass is 295 g/mol. The molecular weight excluding hydrogens is 285 g/mol. The SMILES string of the molecule is Cc1ccc([C@H]2SCCN2C(=O)C(Cl)Cl)s1. The van der Waals surface area contributed by atoms with Gasteiger partial charge in [0, 0.05) is 22.1 Å². The highest BCUT2D eigenvalue weighted by molar-refractivity contribution is 7.99. The second-order valence-electron chi connectivity index (χ2n) is 3.50. The van der Waals surface area contributed by atoms with Crippen molar-refractivity contribution in [3.8, 4) is 0 Å². The summed E-state index contributed by atoms with van der Waals surface area (Å²) in [5.74, 6) is 0.748. The zero-order valence-electron chi connectivity index (χ0n) is 8.65. The van der Waals surface area contributed by atoms with E-state index >= 15 is 0 Å². The van der Waals surface area contributed by atoms with E-state index in [0.717, 1.165) is 12.3 Å². The van der Waals surface area contributed by atoms with E-state index in [9.17, 15) is 4.79 Å². The molecule has 1 saturated heterocycles. The Labute approximate surface area is 113 Å². The number of hydrogen-bond donors (Lipinski definition) is 0. The molecule has 0 bridgehead atoms. The van der Waals surface area contributed by atoms with E-state index in [1.165, 1.54) is 9.75 Å². The van der Waals surface area contributed by atoms with Crippen LogP contribution in [0.1, 0.15) is 15.1 Å². The van der Waals surface area contributed by atoms with Gasteiger partial charge in [-0.05, 0) is 19.1 Å². The number of nitrogens with zero attached hydrogens (tertiary/aromatic N) is 1. The largest absolute Gasteiger partial charge is 0.323 e. The maximum Gasteiger partial charge on any atom is 0.257 e. The summed E-state index contributed by atoms with van der Waals surface area (Å²) >= 11 is 14.7. The van der Waals surface area contributed by atoms with Gasteiger partial charge in [0.2, 0.25) is 0 Å². The lowest BCUT2D eigenvalue weighted by molar-refractivity contribution is -0.129. The second-order valence-corrected chi connectivity index (χ2v) is 7.11. The van der Waals surface area contributed by atoms with E-state index < -0.39 is 4.84 Å². The van der Waals surface area contributed by atoms with Crippen LogP contribution in [0.15, 0.2) is 12.1 Å². The van der Waals surface area contributed by atoms with Crippen molar-refractivity contribution in [2.24, 2.45) is 0 Å². The molecule has 1 fully saturated rings. The molecule has 1 aliphatic heterocycles. The molecule has 16 heavy (non-hydrogen) atoms. The molecule has 1 aromatic heterocycles. The molecule has 2 heterocycles. The maximum atomic E-state index is 11.8. The van der Waals surface area contributed by atoms with Crippen molar-refractivity contribution in [2.75, 3.05) is 12.3 Å². The molecule has 0 aromatic carbocycles. The quantitative estimate of drug-likeness (QED) is 0.779. The minimum atomic E-state index is -0.956. The summed E-state index contributed by atoms with van der Waals surface area (Å²) in [7, 11) is 0. The molecule has 1 amide bonds. The molecule has 88 valence electrons. The first kappa shape index (κ1) is 12.6. The van der Waals surface area contributed by atoms with Gasteiger partial charge >= 0.3 is 0 Å². The smallest absolute Gasteiger partial charge is 0.257 e. The van der Waals surface area contributed by atoms with Gasteiger partial charge < -0.3 is 4.90 Å². The third-order valence-electron chi connectivity index (χ3n) is 2.37. The molecule has 0 saturated carbocycles. The van der Waals surface area contributed by atoms with Crippen LogP contribution in [-0.4, -0.2) is 27.9 Å². The molecule has 0 radical (unpaired) electrons. The third kappa shape index (κ3) is 2.50. The molecule has 0 aliphatic carbocycles. The van der Waals surface area contributed by atoms with Crippen LogP contribution in [-0.2, 0) is 4.79 Å². The maximum absolute atomic E-state index is 11.8. The van der Waals surface area contributed by atoms with Crippen molar-refractivity contribution in [3.63, 3.8) is 0 Å². The van der Waals surface area contributed by atoms with Crippen LogP contribution in [0.4, 0.5) is 0 Å². The van der Waals surface area contributed by atoms with E-state index in [4.69, 9.17) is 23.2 Å². The fourth-order valence-corrected chi connectivity index (χ4v) is 4.27. The van der Waals surface area contributed by atoms with Crippen LogP contribution in [0.2, 0.25) is 0 Å². The third-order valence-corrected chi connectivity index (χ3v) is 5.18. The fraction of sp³-hybridized carbons (Fsp3) is 0.500. The highest BCUT2D eigenvalue weighted by atomic mass is 35.5. The lowest BCUT2D eigenvalue weighted by Gasteiger charge is -2.23. The first-order valence-electron chi connectivity index (χ1n) is 4.86. The summed E-state index contributed by atoms with van der Waals surface area (Å²) in [4.78, 5) is 15.0. The molecular formula is C10H11Cl2NOS2. The van der Waals surface area contributed by atoms with Gasteiger partial charge in [-0.25, -0.2) is 0 Å². The first-order valence-corrected chi connectivity index (χ1v) is 7.60. The van der Waals surface area contributed by atoms with Crippen LogP contribution in [0.3, 0.4) is 0 Å². The van der Waals surface area contributed by atoms with E-state index in [-0.39, 0.29) is 11.3 Å². The number of aryl methyl sites for hydroxylation is 1. The topological polar surface area (TPSA) is 20.3 Å². The Balaban J connectivity index is 2.18. The summed E-state index contributed by atoms with van der Waals surface area (Å²) in [6.45, 7) is 2.78. The van der Waals surface area contributed by atoms with Gasteiger partial charge in [0.15, 0.2) is 4.84 Å². The van der Waals surface area contributed by atoms with Crippen LogP contribution in [0, 0.1) is 6.92 Å². The van der Waals surface area contributed by atoms with Gasteiger partial charge in [-0.1, -0.05) is 23.2 Å². The molecule has 0 spiro atoms. The number of alkyl halides is 2. The highest BCUT2D eigenvalue weighted by Crippen LogP contribution is 2.41. The van der Waals surface area contributed by atoms with Crippen molar-refractivity contribution < 1.29 is 4.79 Å². The zero-order chi connectivity index (χ0) is 11.7. The Morgan fingerprint density at radius 3 is 2.88 bits per heavy atom. The van der Waals surface area contributed by atoms with E-state index in [2.05, 4.69) is 19.1 Å². The number of rotatable bonds is 2. The standard InChI is InChI=1S/C10H11Cl2NOS2/c1-6-2-3-7(16-6)10-13(4-5-15-10)9(14)8(11)12/h2-3,8,10H,4-5H2,1H3/t10-/m1/s1. The second kappa shape index (κ2) is 5.17. The van der Waals surface area contributed by atoms with Gasteiger partial charge in [-0.3, -0.25) is 4.79 Å². The number of carbonyl (C=O) groups excluding carboxylic acids is 1. The normalized spacial score (nSPS) is 20.8. The lowest BCUT2D eigenvalue weighted by Crippen LogP contribution is -2.33. The van der Waals surface area contributed by atoms with Crippen molar-refractivity contribution in [2.45, 2.75) is 17.1 Å². The average Bonchev–Trinajstić information content (AvgIpc) is 2.83. The van der Waals surface area contributed by atoms with Crippen molar-refractivity contribution in [1.82, 2.24) is 4.90 Å². The van der Waals surface area contributed by atoms with E-state index in [1.54, 1.807) is 28.0 Å². The number of carbonyl (C=O) groups is 1. The van der Waals surface area contributed by atoms with Gasteiger partial charge in [-0.2, -0.15) is 0 Å². The predicted molar refractivity (Wildman–Crippen MR) is 71.5 cm³/mol. The van der Waals surface area contributed by atoms with Crippen LogP contribution < -0.4 is 0 Å². The number of amides is 1. The molecule has 0 unspecified atom stereocenters. The average molecular weight is 296 g/mol. The Bertz CT molecular complexity index is 394. The number of hydrogen-bond acceptors (Lipinski definition) is 3. The summed E-state index contributed by atoms with van der Waals surface area (Å²) in [6, 6.07) is 4.14. The minimum absolute atomic E-state index is 0.0891. The zero-order valence-corrected chi connectivity index (χ0v) is 11.8. The van der Waals surface area contributed by atoms with Crippen molar-refractivity contribution >= 4 is 52.2 Å². The van der Waals surface area contributed by atoms with Crippen LogP contribution in [0.5, 0.6) is 0 Å². The Hall–Kier alpha value is 0.100. The lowest BCUT2D eigenvalue weighted by atomic mass is 10.4. The van der Waals surface area contributed by atoms with Crippen molar-refractivity contribution in [1.29, 1.82) is 0 Å². The summed E-state index contributed by atoms with van der Waals surface area (Å²) in [5, 5.41) is 0.0891. The van der Waals surface area contributed by atoms with E-state index in [1.807, 2.05) is 0 Å². The highest BCUT2D eigenvalue weighted by Gasteiger charge is 2.33. The predicted octanol–water partition coefficient (Wildman–Crippen LogP) is 3.43. The molecule has 6 heteroatoms. The first-order chi connectivity index (χ1) is 7.59. The molecule has 2 nitrogen and oxygen atoms in total. The molecule has 1 aliphatic rings. The van der Waals surface area contributed by atoms with Crippen molar-refractivity contribution in [3.05, 3.63) is 21.9 Å². The fourth-order valence-electron chi connectivity index (χ4n) is 1.64. The Morgan fingerprint density at radius 2 is 2.31 bits per heavy atom. The minimum Gasteiger partial charge on any atom is -0.323 e. The summed E-state index contributed by atoms with van der Waals surface area (Å²) in [5.41, 5.74) is 0. The number of thioether (sulfide) groups is 1. The van der Waals surface area contributed by atoms with Gasteiger partial charge in [0.25, 0.3) is 5.91 Å². The van der Waals surface area contributed by atoms with Crippen LogP contribution >= 0.6 is 46.3 Å². The Morgan fingerprint density at radius 1 is 1.56 bits per heavy atom. The molecule has 0 N–H and O–H groups in total. The van der Waals surface area contributed by atoms with Crippen LogP contribution in [0.25, 0.3) is 0 Å². The molecule has 2 rings (SSSR count). The number of halogens is 2.